The third kappa shape index (κ3) is 7.64. The van der Waals surface area contributed by atoms with Crippen molar-refractivity contribution >= 4 is 23.6 Å². The number of aromatic nitrogens is 3. The van der Waals surface area contributed by atoms with Gasteiger partial charge in [0, 0.05) is 13.6 Å². The van der Waals surface area contributed by atoms with Crippen LogP contribution in [0, 0.1) is 0 Å². The van der Waals surface area contributed by atoms with Crippen molar-refractivity contribution in [2.45, 2.75) is 38.0 Å². The molecule has 3 rings (SSSR count). The van der Waals surface area contributed by atoms with Gasteiger partial charge in [-0.15, -0.1) is 10.2 Å². The van der Waals surface area contributed by atoms with Crippen molar-refractivity contribution in [3.63, 3.8) is 0 Å². The molecule has 1 aromatic heterocycles. The molecule has 174 valence electrons. The zero-order chi connectivity index (χ0) is 23.6. The second-order valence-corrected chi connectivity index (χ2v) is 8.74. The number of hydrogen-bond donors (Lipinski definition) is 2. The fourth-order valence-corrected chi connectivity index (χ4v) is 3.69. The van der Waals surface area contributed by atoms with Crippen molar-refractivity contribution in [2.75, 3.05) is 12.4 Å². The number of rotatable bonds is 11. The zero-order valence-corrected chi connectivity index (χ0v) is 19.9. The van der Waals surface area contributed by atoms with Gasteiger partial charge < -0.3 is 19.9 Å². The summed E-state index contributed by atoms with van der Waals surface area (Å²) in [6.45, 7) is 4.88. The van der Waals surface area contributed by atoms with Gasteiger partial charge >= 0.3 is 0 Å². The molecule has 33 heavy (non-hydrogen) atoms. The second-order valence-electron chi connectivity index (χ2n) is 7.80. The maximum atomic E-state index is 12.1. The topological polar surface area (TPSA) is 98.1 Å². The molecular formula is C24H29N5O3S. The Morgan fingerprint density at radius 3 is 2.36 bits per heavy atom. The lowest BCUT2D eigenvalue weighted by atomic mass is 10.0. The van der Waals surface area contributed by atoms with Gasteiger partial charge in [0.15, 0.2) is 17.6 Å². The van der Waals surface area contributed by atoms with Crippen LogP contribution < -0.4 is 15.4 Å². The Hall–Kier alpha value is -3.33. The Labute approximate surface area is 198 Å². The number of carbonyl (C=O) groups excluding carboxylic acids is 2. The lowest BCUT2D eigenvalue weighted by Gasteiger charge is -2.09. The fourth-order valence-electron chi connectivity index (χ4n) is 2.93. The number of nitrogens with one attached hydrogen (secondary N) is 2. The van der Waals surface area contributed by atoms with Gasteiger partial charge in [0.1, 0.15) is 5.75 Å². The van der Waals surface area contributed by atoms with E-state index in [9.17, 15) is 9.59 Å². The van der Waals surface area contributed by atoms with E-state index >= 15 is 0 Å². The van der Waals surface area contributed by atoms with Crippen molar-refractivity contribution in [1.29, 1.82) is 0 Å². The number of carbonyl (C=O) groups is 2. The molecule has 0 aliphatic heterocycles. The van der Waals surface area contributed by atoms with Crippen LogP contribution in [0.2, 0.25) is 0 Å². The summed E-state index contributed by atoms with van der Waals surface area (Å²) in [4.78, 5) is 24.2. The summed E-state index contributed by atoms with van der Waals surface area (Å²) in [5.74, 6) is 1.59. The average molecular weight is 468 g/mol. The molecule has 0 fully saturated rings. The smallest absolute Gasteiger partial charge is 0.258 e. The summed E-state index contributed by atoms with van der Waals surface area (Å²) < 4.78 is 7.31. The van der Waals surface area contributed by atoms with Crippen LogP contribution in [0.1, 0.15) is 36.7 Å². The van der Waals surface area contributed by atoms with E-state index in [1.54, 1.807) is 11.6 Å². The van der Waals surface area contributed by atoms with Crippen molar-refractivity contribution in [1.82, 2.24) is 25.4 Å². The number of thioether (sulfide) groups is 1. The third-order valence-corrected chi connectivity index (χ3v) is 5.97. The number of hydrogen-bond acceptors (Lipinski definition) is 6. The summed E-state index contributed by atoms with van der Waals surface area (Å²) in [5, 5.41) is 14.5. The highest BCUT2D eigenvalue weighted by molar-refractivity contribution is 7.99. The molecule has 8 nitrogen and oxygen atoms in total. The molecule has 3 aromatic rings. The van der Waals surface area contributed by atoms with E-state index in [0.29, 0.717) is 29.2 Å². The van der Waals surface area contributed by atoms with Crippen molar-refractivity contribution in [3.05, 3.63) is 71.5 Å². The molecule has 2 N–H and O–H groups in total. The minimum atomic E-state index is -0.250. The molecule has 0 saturated carbocycles. The standard InChI is InChI=1S/C24H29N5O3S/c1-17(2)19-9-11-20(12-10-19)32-15-22(30)26-14-21-27-28-24(29(21)3)33-16-23(31)25-13-18-7-5-4-6-8-18/h4-12,17H,13-16H2,1-3H3,(H,25,31)(H,26,30). The van der Waals surface area contributed by atoms with Gasteiger partial charge in [0.05, 0.1) is 12.3 Å². The molecule has 0 aliphatic rings. The van der Waals surface area contributed by atoms with Crippen molar-refractivity contribution in [2.24, 2.45) is 7.05 Å². The molecule has 2 aromatic carbocycles. The third-order valence-electron chi connectivity index (χ3n) is 4.95. The van der Waals surface area contributed by atoms with E-state index in [1.807, 2.05) is 54.6 Å². The van der Waals surface area contributed by atoms with Crippen LogP contribution in [0.25, 0.3) is 0 Å². The first-order chi connectivity index (χ1) is 15.9. The number of amides is 2. The number of benzene rings is 2. The van der Waals surface area contributed by atoms with Crippen LogP contribution >= 0.6 is 11.8 Å². The van der Waals surface area contributed by atoms with Gasteiger partial charge in [0.2, 0.25) is 5.91 Å². The van der Waals surface area contributed by atoms with Crippen LogP contribution in [-0.2, 0) is 29.7 Å². The average Bonchev–Trinajstić information content (AvgIpc) is 3.18. The van der Waals surface area contributed by atoms with E-state index in [2.05, 4.69) is 34.7 Å². The summed E-state index contributed by atoms with van der Waals surface area (Å²) >= 11 is 1.30. The van der Waals surface area contributed by atoms with E-state index in [4.69, 9.17) is 4.74 Å². The molecule has 0 atom stereocenters. The van der Waals surface area contributed by atoms with Crippen LogP contribution in [-0.4, -0.2) is 38.9 Å². The molecule has 9 heteroatoms. The van der Waals surface area contributed by atoms with Crippen molar-refractivity contribution < 1.29 is 14.3 Å². The Morgan fingerprint density at radius 1 is 0.970 bits per heavy atom. The number of ether oxygens (including phenoxy) is 1. The van der Waals surface area contributed by atoms with Gasteiger partial charge in [-0.1, -0.05) is 68.1 Å². The summed E-state index contributed by atoms with van der Waals surface area (Å²) in [7, 11) is 1.80. The van der Waals surface area contributed by atoms with E-state index in [0.717, 1.165) is 5.56 Å². The molecule has 2 amide bonds. The molecule has 0 radical (unpaired) electrons. The molecule has 0 aliphatic carbocycles. The molecule has 1 heterocycles. The Morgan fingerprint density at radius 2 is 1.67 bits per heavy atom. The summed E-state index contributed by atoms with van der Waals surface area (Å²) in [5.41, 5.74) is 2.26. The summed E-state index contributed by atoms with van der Waals surface area (Å²) in [6.07, 6.45) is 0. The minimum absolute atomic E-state index is 0.0813. The van der Waals surface area contributed by atoms with Gasteiger partial charge in [-0.3, -0.25) is 9.59 Å². The van der Waals surface area contributed by atoms with E-state index in [-0.39, 0.29) is 30.7 Å². The Bertz CT molecular complexity index is 1050. The van der Waals surface area contributed by atoms with E-state index < -0.39 is 0 Å². The largest absolute Gasteiger partial charge is 0.484 e. The fraction of sp³-hybridized carbons (Fsp3) is 0.333. The predicted octanol–water partition coefficient (Wildman–Crippen LogP) is 3.04. The quantitative estimate of drug-likeness (QED) is 0.421. The van der Waals surface area contributed by atoms with Crippen LogP contribution in [0.4, 0.5) is 0 Å². The molecule has 0 saturated heterocycles. The van der Waals surface area contributed by atoms with Gasteiger partial charge in [0.25, 0.3) is 5.91 Å². The van der Waals surface area contributed by atoms with Gasteiger partial charge in [-0.05, 0) is 29.2 Å². The molecule has 0 bridgehead atoms. The highest BCUT2D eigenvalue weighted by atomic mass is 32.2. The first-order valence-corrected chi connectivity index (χ1v) is 11.7. The normalized spacial score (nSPS) is 10.8. The molecule has 0 spiro atoms. The Kier molecular flexibility index (Phi) is 8.88. The zero-order valence-electron chi connectivity index (χ0n) is 19.1. The predicted molar refractivity (Wildman–Crippen MR) is 128 cm³/mol. The maximum Gasteiger partial charge on any atom is 0.258 e. The van der Waals surface area contributed by atoms with Gasteiger partial charge in [-0.25, -0.2) is 0 Å². The highest BCUT2D eigenvalue weighted by Gasteiger charge is 2.13. The first kappa shape index (κ1) is 24.3. The lowest BCUT2D eigenvalue weighted by molar-refractivity contribution is -0.123. The van der Waals surface area contributed by atoms with Crippen LogP contribution in [0.3, 0.4) is 0 Å². The second kappa shape index (κ2) is 12.1. The van der Waals surface area contributed by atoms with Gasteiger partial charge in [-0.2, -0.15) is 0 Å². The van der Waals surface area contributed by atoms with E-state index in [1.165, 1.54) is 17.3 Å². The maximum absolute atomic E-state index is 12.1. The minimum Gasteiger partial charge on any atom is -0.484 e. The van der Waals surface area contributed by atoms with Crippen LogP contribution in [0.15, 0.2) is 59.8 Å². The monoisotopic (exact) mass is 467 g/mol. The summed E-state index contributed by atoms with van der Waals surface area (Å²) in [6, 6.07) is 17.5. The van der Waals surface area contributed by atoms with Crippen LogP contribution in [0.5, 0.6) is 5.75 Å². The number of nitrogens with zero attached hydrogens (tertiary/aromatic N) is 3. The lowest BCUT2D eigenvalue weighted by Crippen LogP contribution is -2.29. The first-order valence-electron chi connectivity index (χ1n) is 10.7. The molecular weight excluding hydrogens is 438 g/mol. The van der Waals surface area contributed by atoms with Crippen molar-refractivity contribution in [3.8, 4) is 5.75 Å². The SMILES string of the molecule is CC(C)c1ccc(OCC(=O)NCc2nnc(SCC(=O)NCc3ccccc3)n2C)cc1. The molecule has 0 unspecified atom stereocenters. The Balaban J connectivity index is 1.39. The highest BCUT2D eigenvalue weighted by Crippen LogP contribution is 2.18.